The van der Waals surface area contributed by atoms with Crippen LogP contribution in [0, 0.1) is 0 Å². The predicted molar refractivity (Wildman–Crippen MR) is 313 cm³/mol. The standard InChI is InChI=1S/C70H75N3/c1-15-17-65-71-66(72-73(65)14)51-19-16-18-50(36-51)56-43-59(57-39-52(46-20-28-61(29-21-46)67(2,3)4)37-53(40-57)47-22-30-62(31-23-47)68(5,6)7)45-60(44-56)58-41-54(48-24-32-63(33-25-48)69(8,9)10)38-55(42-58)49-26-34-64(35-27-49)70(11,12)13/h16,18-45H,15,17H2,1-14H3. The first kappa shape index (κ1) is 50.8. The van der Waals surface area contributed by atoms with Gasteiger partial charge in [0.25, 0.3) is 0 Å². The molecule has 9 rings (SSSR count). The molecule has 0 N–H and O–H groups in total. The number of hydrogen-bond donors (Lipinski definition) is 0. The molecule has 1 aromatic heterocycles. The Balaban J connectivity index is 1.28. The van der Waals surface area contributed by atoms with E-state index in [0.717, 1.165) is 63.4 Å². The van der Waals surface area contributed by atoms with Crippen LogP contribution in [0.15, 0.2) is 176 Å². The zero-order valence-corrected chi connectivity index (χ0v) is 46.0. The van der Waals surface area contributed by atoms with Crippen molar-refractivity contribution < 1.29 is 0 Å². The molecule has 1 heterocycles. The van der Waals surface area contributed by atoms with E-state index in [1.54, 1.807) is 0 Å². The predicted octanol–water partition coefficient (Wildman–Crippen LogP) is 19.3. The van der Waals surface area contributed by atoms with E-state index in [9.17, 15) is 0 Å². The van der Waals surface area contributed by atoms with E-state index in [2.05, 4.69) is 266 Å². The molecular weight excluding hydrogens is 883 g/mol. The van der Waals surface area contributed by atoms with E-state index in [-0.39, 0.29) is 21.7 Å². The van der Waals surface area contributed by atoms with Gasteiger partial charge in [0.2, 0.25) is 0 Å². The minimum atomic E-state index is 0.0574. The van der Waals surface area contributed by atoms with Crippen molar-refractivity contribution in [2.24, 2.45) is 7.05 Å². The first-order chi connectivity index (χ1) is 34.5. The molecule has 0 aliphatic heterocycles. The van der Waals surface area contributed by atoms with E-state index < -0.39 is 0 Å². The molecule has 3 heteroatoms. The first-order valence-electron chi connectivity index (χ1n) is 26.4. The normalized spacial score (nSPS) is 12.4. The van der Waals surface area contributed by atoms with Crippen LogP contribution in [-0.2, 0) is 35.1 Å². The molecule has 0 aliphatic carbocycles. The third kappa shape index (κ3) is 11.4. The third-order valence-corrected chi connectivity index (χ3v) is 14.6. The van der Waals surface area contributed by atoms with Crippen molar-refractivity contribution in [3.05, 3.63) is 204 Å². The Hall–Kier alpha value is -7.10. The second-order valence-corrected chi connectivity index (χ2v) is 24.5. The van der Waals surface area contributed by atoms with Gasteiger partial charge in [-0.05, 0) is 189 Å². The molecule has 9 aromatic rings. The maximum absolute atomic E-state index is 5.02. The summed E-state index contributed by atoms with van der Waals surface area (Å²) < 4.78 is 1.93. The molecule has 0 radical (unpaired) electrons. The molecule has 0 fully saturated rings. The molecule has 370 valence electrons. The first-order valence-corrected chi connectivity index (χ1v) is 26.4. The molecular formula is C70H75N3. The summed E-state index contributed by atoms with van der Waals surface area (Å²) in [5, 5.41) is 4.90. The van der Waals surface area contributed by atoms with Crippen LogP contribution in [0.4, 0.5) is 0 Å². The van der Waals surface area contributed by atoms with Crippen LogP contribution >= 0.6 is 0 Å². The summed E-state index contributed by atoms with van der Waals surface area (Å²) in [6.45, 7) is 29.6. The van der Waals surface area contributed by atoms with Crippen molar-refractivity contribution in [1.82, 2.24) is 14.8 Å². The van der Waals surface area contributed by atoms with Crippen molar-refractivity contribution in [3.63, 3.8) is 0 Å². The summed E-state index contributed by atoms with van der Waals surface area (Å²) >= 11 is 0. The number of aromatic nitrogens is 3. The Morgan fingerprint density at radius 1 is 0.315 bits per heavy atom. The van der Waals surface area contributed by atoms with Crippen LogP contribution in [0.5, 0.6) is 0 Å². The summed E-state index contributed by atoms with van der Waals surface area (Å²) in [5.74, 6) is 1.75. The quantitative estimate of drug-likeness (QED) is 0.137. The molecule has 0 saturated heterocycles. The topological polar surface area (TPSA) is 30.7 Å². The van der Waals surface area contributed by atoms with Crippen molar-refractivity contribution in [1.29, 1.82) is 0 Å². The van der Waals surface area contributed by atoms with Gasteiger partial charge in [0, 0.05) is 19.0 Å². The van der Waals surface area contributed by atoms with Crippen LogP contribution in [0.25, 0.3) is 89.3 Å². The second-order valence-electron chi connectivity index (χ2n) is 24.5. The van der Waals surface area contributed by atoms with Gasteiger partial charge < -0.3 is 0 Å². The summed E-state index contributed by atoms with van der Waals surface area (Å²) in [6, 6.07) is 67.0. The minimum absolute atomic E-state index is 0.0574. The van der Waals surface area contributed by atoms with Gasteiger partial charge in [0.05, 0.1) is 0 Å². The number of rotatable bonds is 10. The molecule has 0 amide bonds. The number of aryl methyl sites for hydroxylation is 2. The van der Waals surface area contributed by atoms with E-state index >= 15 is 0 Å². The molecule has 3 nitrogen and oxygen atoms in total. The van der Waals surface area contributed by atoms with Crippen molar-refractivity contribution in [2.45, 2.75) is 125 Å². The average molecular weight is 958 g/mol. The zero-order chi connectivity index (χ0) is 52.0. The van der Waals surface area contributed by atoms with Gasteiger partial charge in [0.1, 0.15) is 5.82 Å². The highest BCUT2D eigenvalue weighted by Gasteiger charge is 2.20. The van der Waals surface area contributed by atoms with Crippen LogP contribution in [0.3, 0.4) is 0 Å². The van der Waals surface area contributed by atoms with Gasteiger partial charge in [-0.15, -0.1) is 0 Å². The van der Waals surface area contributed by atoms with Crippen LogP contribution in [-0.4, -0.2) is 14.8 Å². The van der Waals surface area contributed by atoms with Crippen molar-refractivity contribution in [2.75, 3.05) is 0 Å². The molecule has 0 atom stereocenters. The Kier molecular flexibility index (Phi) is 13.7. The summed E-state index contributed by atoms with van der Waals surface area (Å²) in [7, 11) is 2.00. The largest absolute Gasteiger partial charge is 0.253 e. The fourth-order valence-electron chi connectivity index (χ4n) is 9.85. The maximum Gasteiger partial charge on any atom is 0.181 e. The van der Waals surface area contributed by atoms with Crippen LogP contribution in [0.2, 0.25) is 0 Å². The lowest BCUT2D eigenvalue weighted by Gasteiger charge is -2.20. The van der Waals surface area contributed by atoms with Gasteiger partial charge >= 0.3 is 0 Å². The Morgan fingerprint density at radius 2 is 0.562 bits per heavy atom. The molecule has 73 heavy (non-hydrogen) atoms. The lowest BCUT2D eigenvalue weighted by molar-refractivity contribution is 0.590. The fraction of sp³-hybridized carbons (Fsp3) is 0.286. The Bertz CT molecular complexity index is 3060. The monoisotopic (exact) mass is 958 g/mol. The zero-order valence-electron chi connectivity index (χ0n) is 46.0. The van der Waals surface area contributed by atoms with E-state index in [4.69, 9.17) is 10.1 Å². The lowest BCUT2D eigenvalue weighted by Crippen LogP contribution is -2.10. The van der Waals surface area contributed by atoms with E-state index in [1.807, 2.05) is 11.7 Å². The smallest absolute Gasteiger partial charge is 0.181 e. The molecule has 0 unspecified atom stereocenters. The van der Waals surface area contributed by atoms with Crippen LogP contribution in [0.1, 0.15) is 125 Å². The summed E-state index contributed by atoms with van der Waals surface area (Å²) in [5.41, 5.74) is 22.9. The van der Waals surface area contributed by atoms with Gasteiger partial charge in [-0.2, -0.15) is 5.10 Å². The number of hydrogen-bond acceptors (Lipinski definition) is 2. The lowest BCUT2D eigenvalue weighted by atomic mass is 9.84. The Morgan fingerprint density at radius 3 is 0.836 bits per heavy atom. The molecule has 8 aromatic carbocycles. The van der Waals surface area contributed by atoms with Crippen molar-refractivity contribution in [3.8, 4) is 89.3 Å². The van der Waals surface area contributed by atoms with E-state index in [0.29, 0.717) is 0 Å². The molecule has 0 spiro atoms. The van der Waals surface area contributed by atoms with Gasteiger partial charge in [-0.3, -0.25) is 4.68 Å². The SMILES string of the molecule is CCCc1nc(-c2cccc(-c3cc(-c4cc(-c5ccc(C(C)(C)C)cc5)cc(-c5ccc(C(C)(C)C)cc5)c4)cc(-c4cc(-c5ccc(C(C)(C)C)cc5)cc(-c5ccc(C(C)(C)C)cc5)c4)c3)c2)nn1C. The van der Waals surface area contributed by atoms with Gasteiger partial charge in [-0.1, -0.05) is 205 Å². The third-order valence-electron chi connectivity index (χ3n) is 14.6. The Labute approximate surface area is 437 Å². The minimum Gasteiger partial charge on any atom is -0.253 e. The molecule has 0 saturated carbocycles. The van der Waals surface area contributed by atoms with Crippen LogP contribution < -0.4 is 0 Å². The number of benzene rings is 8. The fourth-order valence-corrected chi connectivity index (χ4v) is 9.85. The summed E-state index contributed by atoms with van der Waals surface area (Å²) in [6.07, 6.45) is 1.90. The number of nitrogens with zero attached hydrogens (tertiary/aromatic N) is 3. The van der Waals surface area contributed by atoms with Crippen molar-refractivity contribution >= 4 is 0 Å². The molecule has 0 bridgehead atoms. The van der Waals surface area contributed by atoms with Gasteiger partial charge in [-0.25, -0.2) is 4.98 Å². The highest BCUT2D eigenvalue weighted by atomic mass is 15.3. The second kappa shape index (κ2) is 19.7. The molecule has 0 aliphatic rings. The summed E-state index contributed by atoms with van der Waals surface area (Å²) in [4.78, 5) is 5.02. The van der Waals surface area contributed by atoms with Gasteiger partial charge in [0.15, 0.2) is 5.82 Å². The highest BCUT2D eigenvalue weighted by molar-refractivity contribution is 5.89. The highest BCUT2D eigenvalue weighted by Crippen LogP contribution is 2.41. The van der Waals surface area contributed by atoms with E-state index in [1.165, 1.54) is 66.8 Å². The average Bonchev–Trinajstić information content (AvgIpc) is 3.74. The maximum atomic E-state index is 5.02.